The number of rotatable bonds is 2. The second kappa shape index (κ2) is 1.94. The van der Waals surface area contributed by atoms with Crippen LogP contribution in [0.3, 0.4) is 0 Å². The Morgan fingerprint density at radius 3 is 2.38 bits per heavy atom. The van der Waals surface area contributed by atoms with Crippen LogP contribution < -0.4 is 0 Å². The molecule has 0 spiro atoms. The Morgan fingerprint density at radius 2 is 2.25 bits per heavy atom. The van der Waals surface area contributed by atoms with Crippen molar-refractivity contribution < 1.29 is 9.90 Å². The van der Waals surface area contributed by atoms with Crippen molar-refractivity contribution in [3.8, 4) is 0 Å². The van der Waals surface area contributed by atoms with E-state index in [1.165, 1.54) is 0 Å². The molecule has 1 N–H and O–H groups in total. The van der Waals surface area contributed by atoms with Crippen molar-refractivity contribution >= 4 is 17.6 Å². The van der Waals surface area contributed by atoms with Crippen molar-refractivity contribution in [2.75, 3.05) is 0 Å². The molecule has 46 valence electrons. The van der Waals surface area contributed by atoms with Crippen molar-refractivity contribution in [1.29, 1.82) is 0 Å². The zero-order valence-corrected chi connectivity index (χ0v) is 5.06. The smallest absolute Gasteiger partial charge is 0.321 e. The van der Waals surface area contributed by atoms with Crippen LogP contribution in [0.2, 0.25) is 0 Å². The van der Waals surface area contributed by atoms with Crippen LogP contribution in [0.25, 0.3) is 0 Å². The molecule has 0 aromatic heterocycles. The Labute approximate surface area is 52.5 Å². The second-order valence-corrected chi connectivity index (χ2v) is 2.55. The molecule has 1 unspecified atom stereocenters. The van der Waals surface area contributed by atoms with Crippen LogP contribution in [0.5, 0.6) is 0 Å². The summed E-state index contributed by atoms with van der Waals surface area (Å²) in [5.41, 5.74) is 0. The molecular weight excluding hydrogens is 128 g/mol. The molecular formula is C5H7ClO2. The largest absolute Gasteiger partial charge is 0.480 e. The summed E-state index contributed by atoms with van der Waals surface area (Å²) in [4.78, 5) is 10.0. The van der Waals surface area contributed by atoms with Gasteiger partial charge in [0.1, 0.15) is 5.38 Å². The number of hydrogen-bond donors (Lipinski definition) is 1. The number of carboxylic acid groups (broad SMARTS) is 1. The summed E-state index contributed by atoms with van der Waals surface area (Å²) in [6, 6.07) is 0. The molecule has 1 aliphatic carbocycles. The van der Waals surface area contributed by atoms with Gasteiger partial charge in [-0.3, -0.25) is 4.79 Å². The molecule has 0 aliphatic heterocycles. The normalized spacial score (nSPS) is 22.6. The third-order valence-corrected chi connectivity index (χ3v) is 1.81. The summed E-state index contributed by atoms with van der Waals surface area (Å²) in [7, 11) is 0. The van der Waals surface area contributed by atoms with Crippen LogP contribution in [0.1, 0.15) is 12.8 Å². The Bertz CT molecular complexity index is 109. The van der Waals surface area contributed by atoms with Gasteiger partial charge in [-0.2, -0.15) is 0 Å². The van der Waals surface area contributed by atoms with Crippen LogP contribution in [-0.4, -0.2) is 16.5 Å². The van der Waals surface area contributed by atoms with Gasteiger partial charge in [-0.15, -0.1) is 11.6 Å². The van der Waals surface area contributed by atoms with E-state index in [0.717, 1.165) is 12.8 Å². The highest BCUT2D eigenvalue weighted by molar-refractivity contribution is 6.30. The van der Waals surface area contributed by atoms with E-state index >= 15 is 0 Å². The molecule has 0 aromatic carbocycles. The molecule has 8 heavy (non-hydrogen) atoms. The van der Waals surface area contributed by atoms with E-state index in [1.54, 1.807) is 0 Å². The van der Waals surface area contributed by atoms with E-state index < -0.39 is 11.3 Å². The van der Waals surface area contributed by atoms with Gasteiger partial charge in [-0.1, -0.05) is 0 Å². The number of carboxylic acids is 1. The highest BCUT2D eigenvalue weighted by Gasteiger charge is 2.34. The lowest BCUT2D eigenvalue weighted by Crippen LogP contribution is -2.14. The predicted octanol–water partition coefficient (Wildman–Crippen LogP) is 1.09. The summed E-state index contributed by atoms with van der Waals surface area (Å²) < 4.78 is 0. The molecule has 0 aromatic rings. The van der Waals surface area contributed by atoms with Gasteiger partial charge in [0.2, 0.25) is 0 Å². The van der Waals surface area contributed by atoms with Gasteiger partial charge in [0.25, 0.3) is 0 Å². The van der Waals surface area contributed by atoms with E-state index in [-0.39, 0.29) is 5.92 Å². The van der Waals surface area contributed by atoms with Crippen molar-refractivity contribution in [2.45, 2.75) is 18.2 Å². The molecule has 1 atom stereocenters. The molecule has 1 rings (SSSR count). The molecule has 0 radical (unpaired) electrons. The van der Waals surface area contributed by atoms with Crippen molar-refractivity contribution in [2.24, 2.45) is 5.92 Å². The zero-order chi connectivity index (χ0) is 6.15. The quantitative estimate of drug-likeness (QED) is 0.574. The number of halogens is 1. The Hall–Kier alpha value is -0.240. The fourth-order valence-corrected chi connectivity index (χ4v) is 0.842. The molecule has 1 aliphatic rings. The van der Waals surface area contributed by atoms with E-state index in [4.69, 9.17) is 16.7 Å². The number of aliphatic carboxylic acids is 1. The third kappa shape index (κ3) is 1.13. The highest BCUT2D eigenvalue weighted by Crippen LogP contribution is 2.35. The SMILES string of the molecule is O=C(O)C(Cl)C1CC1. The molecule has 0 heterocycles. The number of hydrogen-bond acceptors (Lipinski definition) is 1. The Balaban J connectivity index is 2.32. The molecule has 1 fully saturated rings. The lowest BCUT2D eigenvalue weighted by molar-refractivity contribution is -0.136. The van der Waals surface area contributed by atoms with E-state index in [1.807, 2.05) is 0 Å². The summed E-state index contributed by atoms with van der Waals surface area (Å²) >= 11 is 5.41. The lowest BCUT2D eigenvalue weighted by atomic mass is 10.3. The molecule has 0 saturated heterocycles. The maximum absolute atomic E-state index is 10.0. The molecule has 0 bridgehead atoms. The minimum absolute atomic E-state index is 0.258. The molecule has 3 heteroatoms. The van der Waals surface area contributed by atoms with Crippen LogP contribution >= 0.6 is 11.6 Å². The van der Waals surface area contributed by atoms with Gasteiger partial charge in [0.15, 0.2) is 0 Å². The number of carbonyl (C=O) groups is 1. The predicted molar refractivity (Wildman–Crippen MR) is 30.0 cm³/mol. The third-order valence-electron chi connectivity index (χ3n) is 1.27. The first-order chi connectivity index (χ1) is 3.72. The average Bonchev–Trinajstić information content (AvgIpc) is 2.43. The van der Waals surface area contributed by atoms with Gasteiger partial charge >= 0.3 is 5.97 Å². The van der Waals surface area contributed by atoms with E-state index in [0.29, 0.717) is 0 Å². The van der Waals surface area contributed by atoms with Crippen molar-refractivity contribution in [3.05, 3.63) is 0 Å². The zero-order valence-electron chi connectivity index (χ0n) is 4.30. The van der Waals surface area contributed by atoms with Crippen molar-refractivity contribution in [1.82, 2.24) is 0 Å². The number of alkyl halides is 1. The molecule has 0 amide bonds. The molecule has 2 nitrogen and oxygen atoms in total. The van der Waals surface area contributed by atoms with Gasteiger partial charge < -0.3 is 5.11 Å². The van der Waals surface area contributed by atoms with Crippen LogP contribution in [-0.2, 0) is 4.79 Å². The first-order valence-electron chi connectivity index (χ1n) is 2.58. The van der Waals surface area contributed by atoms with Gasteiger partial charge in [-0.25, -0.2) is 0 Å². The Kier molecular flexibility index (Phi) is 1.43. The average molecular weight is 135 g/mol. The molecule has 1 saturated carbocycles. The van der Waals surface area contributed by atoms with Gasteiger partial charge in [0.05, 0.1) is 0 Å². The van der Waals surface area contributed by atoms with Crippen LogP contribution in [0.15, 0.2) is 0 Å². The first-order valence-corrected chi connectivity index (χ1v) is 3.02. The van der Waals surface area contributed by atoms with Crippen LogP contribution in [0, 0.1) is 5.92 Å². The van der Waals surface area contributed by atoms with Crippen molar-refractivity contribution in [3.63, 3.8) is 0 Å². The minimum atomic E-state index is -0.880. The maximum atomic E-state index is 10.0. The standard InChI is InChI=1S/C5H7ClO2/c6-4(5(7)8)3-1-2-3/h3-4H,1-2H2,(H,7,8). The second-order valence-electron chi connectivity index (χ2n) is 2.08. The highest BCUT2D eigenvalue weighted by atomic mass is 35.5. The van der Waals surface area contributed by atoms with E-state index in [9.17, 15) is 4.79 Å². The first kappa shape index (κ1) is 5.89. The fraction of sp³-hybridized carbons (Fsp3) is 0.800. The summed E-state index contributed by atoms with van der Waals surface area (Å²) in [6.45, 7) is 0. The van der Waals surface area contributed by atoms with Gasteiger partial charge in [0, 0.05) is 0 Å². The maximum Gasteiger partial charge on any atom is 0.321 e. The van der Waals surface area contributed by atoms with Crippen LogP contribution in [0.4, 0.5) is 0 Å². The lowest BCUT2D eigenvalue weighted by Gasteiger charge is -1.96. The summed E-state index contributed by atoms with van der Waals surface area (Å²) in [5.74, 6) is -0.622. The summed E-state index contributed by atoms with van der Waals surface area (Å²) in [5, 5.41) is 7.63. The topological polar surface area (TPSA) is 37.3 Å². The van der Waals surface area contributed by atoms with E-state index in [2.05, 4.69) is 0 Å². The summed E-state index contributed by atoms with van der Waals surface area (Å²) in [6.07, 6.45) is 1.97. The van der Waals surface area contributed by atoms with Gasteiger partial charge in [-0.05, 0) is 18.8 Å². The monoisotopic (exact) mass is 134 g/mol. The minimum Gasteiger partial charge on any atom is -0.480 e. The Morgan fingerprint density at radius 1 is 1.75 bits per heavy atom. The fourth-order valence-electron chi connectivity index (χ4n) is 0.591.